The van der Waals surface area contributed by atoms with Crippen LogP contribution in [0.1, 0.15) is 76.8 Å². The Morgan fingerprint density at radius 2 is 1.85 bits per heavy atom. The van der Waals surface area contributed by atoms with E-state index in [0.29, 0.717) is 43.4 Å². The van der Waals surface area contributed by atoms with Crippen LogP contribution < -0.4 is 10.7 Å². The van der Waals surface area contributed by atoms with Crippen molar-refractivity contribution in [2.75, 3.05) is 40.4 Å². The Hall–Kier alpha value is -6.06. The predicted octanol–water partition coefficient (Wildman–Crippen LogP) is 5.49. The first-order valence-corrected chi connectivity index (χ1v) is 22.6. The maximum Gasteiger partial charge on any atom is 0.324 e. The van der Waals surface area contributed by atoms with E-state index >= 15 is 0 Å². The molecule has 4 amide bonds. The first kappa shape index (κ1) is 46.9. The van der Waals surface area contributed by atoms with Crippen molar-refractivity contribution >= 4 is 40.5 Å². The minimum absolute atomic E-state index is 0.0123. The Morgan fingerprint density at radius 1 is 1.08 bits per heavy atom. The lowest BCUT2D eigenvalue weighted by atomic mass is 9.84. The SMILES string of the molecule is C=CC(=O)N1CC[C@H](C(=O)N(C)C(C(=O)N[C@H]2Cc3cc(O)cc(c3)-c3ccc4c(c3)c(c(-c3cccnc3[C@H](C)OC)n4C)CC(C)(C)COC(=O)[C@@H]3CCCN(N3)C2=O)C(C)C)C1. The molecule has 65 heavy (non-hydrogen) atoms. The summed E-state index contributed by atoms with van der Waals surface area (Å²) in [5, 5.41) is 16.6. The molecule has 15 nitrogen and oxygen atoms in total. The average Bonchev–Trinajstić information content (AvgIpc) is 3.88. The summed E-state index contributed by atoms with van der Waals surface area (Å²) < 4.78 is 14.0. The Balaban J connectivity index is 1.30. The monoisotopic (exact) mass is 889 g/mol. The second-order valence-corrected chi connectivity index (χ2v) is 19.0. The molecule has 5 atom stereocenters. The number of ether oxygens (including phenoxy) is 2. The molecule has 2 saturated heterocycles. The van der Waals surface area contributed by atoms with Crippen molar-refractivity contribution in [3.63, 3.8) is 0 Å². The number of phenols is 1. The smallest absolute Gasteiger partial charge is 0.324 e. The average molecular weight is 890 g/mol. The third-order valence-corrected chi connectivity index (χ3v) is 13.2. The largest absolute Gasteiger partial charge is 0.508 e. The van der Waals surface area contributed by atoms with Gasteiger partial charge >= 0.3 is 5.97 Å². The number of aromatic hydroxyl groups is 1. The second kappa shape index (κ2) is 19.2. The van der Waals surface area contributed by atoms with Crippen LogP contribution in [-0.2, 0) is 53.3 Å². The number of nitrogens with zero attached hydrogens (tertiary/aromatic N) is 5. The number of nitrogens with one attached hydrogen (secondary N) is 2. The number of hydrogen-bond acceptors (Lipinski definition) is 10. The highest BCUT2D eigenvalue weighted by atomic mass is 16.5. The third kappa shape index (κ3) is 9.81. The zero-order chi connectivity index (χ0) is 46.9. The number of carbonyl (C=O) groups is 5. The Labute approximate surface area is 381 Å². The number of pyridine rings is 1. The molecule has 2 fully saturated rings. The Morgan fingerprint density at radius 3 is 2.57 bits per heavy atom. The number of amides is 4. The minimum atomic E-state index is -1.16. The van der Waals surface area contributed by atoms with Crippen LogP contribution in [0, 0.1) is 17.3 Å². The molecule has 3 aliphatic heterocycles. The molecule has 1 unspecified atom stereocenters. The van der Waals surface area contributed by atoms with Gasteiger partial charge in [-0.1, -0.05) is 46.4 Å². The van der Waals surface area contributed by atoms with Gasteiger partial charge in [-0.05, 0) is 103 Å². The Kier molecular flexibility index (Phi) is 13.9. The summed E-state index contributed by atoms with van der Waals surface area (Å²) in [7, 11) is 5.27. The molecule has 15 heteroatoms. The van der Waals surface area contributed by atoms with Crippen molar-refractivity contribution < 1.29 is 38.6 Å². The molecule has 346 valence electrons. The summed E-state index contributed by atoms with van der Waals surface area (Å²) >= 11 is 0. The van der Waals surface area contributed by atoms with Gasteiger partial charge in [0.15, 0.2) is 0 Å². The van der Waals surface area contributed by atoms with E-state index in [1.165, 1.54) is 16.0 Å². The van der Waals surface area contributed by atoms with Gasteiger partial charge in [-0.25, -0.2) is 5.43 Å². The van der Waals surface area contributed by atoms with Crippen LogP contribution in [0.5, 0.6) is 5.75 Å². The van der Waals surface area contributed by atoms with E-state index < -0.39 is 47.2 Å². The number of esters is 1. The first-order valence-electron chi connectivity index (χ1n) is 22.6. The van der Waals surface area contributed by atoms with E-state index in [1.54, 1.807) is 37.4 Å². The molecule has 7 rings (SSSR count). The zero-order valence-electron chi connectivity index (χ0n) is 38.8. The lowest BCUT2D eigenvalue weighted by Crippen LogP contribution is -2.62. The van der Waals surface area contributed by atoms with E-state index in [4.69, 9.17) is 14.5 Å². The van der Waals surface area contributed by atoms with Crippen molar-refractivity contribution in [3.8, 4) is 28.1 Å². The van der Waals surface area contributed by atoms with Crippen molar-refractivity contribution in [2.24, 2.45) is 24.3 Å². The number of likely N-dealkylation sites (N-methyl/N-ethyl adjacent to an activating group) is 1. The van der Waals surface area contributed by atoms with Gasteiger partial charge in [0.05, 0.1) is 30.0 Å². The number of hydrogen-bond donors (Lipinski definition) is 3. The highest BCUT2D eigenvalue weighted by Gasteiger charge is 2.40. The maximum atomic E-state index is 14.7. The molecule has 2 aromatic heterocycles. The van der Waals surface area contributed by atoms with Crippen LogP contribution in [-0.4, -0.2) is 118 Å². The van der Waals surface area contributed by atoms with Gasteiger partial charge in [0, 0.05) is 75.3 Å². The highest BCUT2D eigenvalue weighted by molar-refractivity contribution is 5.96. The third-order valence-electron chi connectivity index (χ3n) is 13.2. The molecule has 0 spiro atoms. The summed E-state index contributed by atoms with van der Waals surface area (Å²) in [6, 6.07) is 12.4. The zero-order valence-corrected chi connectivity index (χ0v) is 38.8. The first-order chi connectivity index (χ1) is 30.9. The number of aryl methyl sites for hydroxylation is 1. The normalized spacial score (nSPS) is 21.1. The van der Waals surface area contributed by atoms with E-state index in [1.807, 2.05) is 46.0 Å². The quantitative estimate of drug-likeness (QED) is 0.144. The van der Waals surface area contributed by atoms with Gasteiger partial charge in [0.25, 0.3) is 5.91 Å². The van der Waals surface area contributed by atoms with Crippen LogP contribution in [0.4, 0.5) is 0 Å². The lowest BCUT2D eigenvalue weighted by Gasteiger charge is -2.37. The fourth-order valence-electron chi connectivity index (χ4n) is 9.77. The van der Waals surface area contributed by atoms with Gasteiger partial charge in [0.2, 0.25) is 17.7 Å². The maximum absolute atomic E-state index is 14.7. The minimum Gasteiger partial charge on any atom is -0.508 e. The number of benzene rings is 2. The topological polar surface area (TPSA) is 176 Å². The summed E-state index contributed by atoms with van der Waals surface area (Å²) in [6.07, 6.45) is 4.63. The molecular weight excluding hydrogens is 827 g/mol. The highest BCUT2D eigenvalue weighted by Crippen LogP contribution is 2.41. The van der Waals surface area contributed by atoms with Gasteiger partial charge in [-0.15, -0.1) is 0 Å². The second-order valence-electron chi connectivity index (χ2n) is 19.0. The van der Waals surface area contributed by atoms with Crippen LogP contribution in [0.25, 0.3) is 33.3 Å². The number of likely N-dealkylation sites (tertiary alicyclic amines) is 1. The number of aromatic nitrogens is 2. The van der Waals surface area contributed by atoms with Gasteiger partial charge in [-0.2, -0.15) is 0 Å². The number of carbonyl (C=O) groups excluding carboxylic acids is 5. The van der Waals surface area contributed by atoms with Gasteiger partial charge in [0.1, 0.15) is 23.9 Å². The molecule has 3 N–H and O–H groups in total. The van der Waals surface area contributed by atoms with Gasteiger partial charge < -0.3 is 34.3 Å². The van der Waals surface area contributed by atoms with Crippen molar-refractivity contribution in [1.29, 1.82) is 0 Å². The number of fused-ring (bicyclic) bond motifs is 6. The molecule has 0 radical (unpaired) electrons. The van der Waals surface area contributed by atoms with Crippen LogP contribution in [0.3, 0.4) is 0 Å². The van der Waals surface area contributed by atoms with E-state index in [0.717, 1.165) is 39.0 Å². The lowest BCUT2D eigenvalue weighted by molar-refractivity contribution is -0.155. The molecule has 4 aromatic rings. The molecule has 0 saturated carbocycles. The predicted molar refractivity (Wildman–Crippen MR) is 247 cm³/mol. The summed E-state index contributed by atoms with van der Waals surface area (Å²) in [5.74, 6) is -2.88. The molecule has 6 bridgehead atoms. The van der Waals surface area contributed by atoms with Crippen LogP contribution in [0.2, 0.25) is 0 Å². The van der Waals surface area contributed by atoms with Crippen molar-refractivity contribution in [3.05, 3.63) is 84.2 Å². The number of methoxy groups -OCH3 is 1. The Bertz CT molecular complexity index is 2500. The standard InChI is InChI=1S/C50H63N7O8/c1-10-42(59)56-20-17-33(27-56)47(61)55(8)44(29(2)3)46(60)52-40-23-31-21-34(24-35(58)22-31)32-15-16-41-37(25-32)38(45(54(41)7)36-13-11-18-51-43(36)30(4)64-9)26-50(5,6)28-65-49(63)39-14-12-19-57(53-39)48(40)62/h10-11,13,15-16,18,21-22,24-25,29-30,33,39-40,44,53,58H,1,12,14,17,19-20,23,26-28H2,2-9H3,(H,52,60)/t30-,33-,39-,40-,44?/m0/s1. The van der Waals surface area contributed by atoms with Crippen LogP contribution >= 0.6 is 0 Å². The molecule has 5 heterocycles. The van der Waals surface area contributed by atoms with Crippen molar-refractivity contribution in [1.82, 2.24) is 35.1 Å². The fraction of sp³-hybridized carbons (Fsp3) is 0.480. The van der Waals surface area contributed by atoms with Crippen LogP contribution in [0.15, 0.2) is 67.4 Å². The molecule has 3 aliphatic rings. The van der Waals surface area contributed by atoms with E-state index in [2.05, 4.69) is 53.9 Å². The molecule has 2 aromatic carbocycles. The molecule has 0 aliphatic carbocycles. The van der Waals surface area contributed by atoms with E-state index in [9.17, 15) is 29.1 Å². The van der Waals surface area contributed by atoms with Crippen molar-refractivity contribution in [2.45, 2.75) is 91.0 Å². The van der Waals surface area contributed by atoms with E-state index in [-0.39, 0.29) is 55.7 Å². The number of hydrazine groups is 1. The number of phenolic OH excluding ortho intramolecular Hbond substituents is 1. The molecular formula is C50H63N7O8. The summed E-state index contributed by atoms with van der Waals surface area (Å²) in [4.78, 5) is 77.0. The fourth-order valence-corrected chi connectivity index (χ4v) is 9.77. The summed E-state index contributed by atoms with van der Waals surface area (Å²) in [6.45, 7) is 14.3. The van der Waals surface area contributed by atoms with Gasteiger partial charge in [-0.3, -0.25) is 34.0 Å². The number of cyclic esters (lactones) is 1. The number of rotatable bonds is 9. The summed E-state index contributed by atoms with van der Waals surface area (Å²) in [5.41, 5.74) is 9.39.